The number of halogens is 2. The van der Waals surface area contributed by atoms with Crippen LogP contribution in [-0.4, -0.2) is 58.5 Å². The average Bonchev–Trinajstić information content (AvgIpc) is 3.06. The van der Waals surface area contributed by atoms with E-state index in [1.165, 1.54) is 46.1 Å². The number of methoxy groups -OCH3 is 3. The summed E-state index contributed by atoms with van der Waals surface area (Å²) < 4.78 is 45.7. The molecule has 0 saturated carbocycles. The predicted molar refractivity (Wildman–Crippen MR) is 123 cm³/mol. The van der Waals surface area contributed by atoms with E-state index in [2.05, 4.69) is 0 Å². The van der Waals surface area contributed by atoms with Gasteiger partial charge in [-0.25, -0.2) is 8.78 Å². The lowest BCUT2D eigenvalue weighted by Gasteiger charge is -2.25. The van der Waals surface area contributed by atoms with Crippen molar-refractivity contribution in [3.05, 3.63) is 46.3 Å². The van der Waals surface area contributed by atoms with Crippen LogP contribution in [0.1, 0.15) is 40.9 Å². The summed E-state index contributed by atoms with van der Waals surface area (Å²) in [6, 6.07) is 4.72. The minimum atomic E-state index is -1.75. The molecule has 0 amide bonds. The van der Waals surface area contributed by atoms with E-state index in [4.69, 9.17) is 19.6 Å². The molecular weight excluding hydrogens is 432 g/mol. The number of amidine groups is 1. The number of anilines is 1. The van der Waals surface area contributed by atoms with Crippen molar-refractivity contribution in [1.29, 1.82) is 5.41 Å². The minimum Gasteiger partial charge on any atom is -0.494 e. The number of benzene rings is 2. The number of carbonyl (C=O) groups is 1. The lowest BCUT2D eigenvalue weighted by molar-refractivity contribution is 0.0962. The van der Waals surface area contributed by atoms with Crippen LogP contribution in [0.2, 0.25) is 0 Å². The second-order valence-corrected chi connectivity index (χ2v) is 8.53. The molecule has 33 heavy (non-hydrogen) atoms. The first-order valence-electron chi connectivity index (χ1n) is 10.3. The number of hydrogen-bond acceptors (Lipinski definition) is 6. The van der Waals surface area contributed by atoms with Crippen molar-refractivity contribution in [1.82, 2.24) is 4.90 Å². The Morgan fingerprint density at radius 1 is 1.12 bits per heavy atom. The average molecular weight is 462 g/mol. The quantitative estimate of drug-likeness (QED) is 0.596. The van der Waals surface area contributed by atoms with Crippen molar-refractivity contribution in [2.75, 3.05) is 46.9 Å². The molecule has 9 heteroatoms. The second-order valence-electron chi connectivity index (χ2n) is 8.53. The van der Waals surface area contributed by atoms with E-state index < -0.39 is 11.5 Å². The zero-order valence-corrected chi connectivity index (χ0v) is 19.9. The van der Waals surface area contributed by atoms with Crippen LogP contribution in [-0.2, 0) is 12.2 Å². The zero-order valence-electron chi connectivity index (χ0n) is 19.9. The molecule has 1 N–H and O–H groups in total. The highest BCUT2D eigenvalue weighted by Crippen LogP contribution is 2.41. The molecule has 0 atom stereocenters. The number of carbonyl (C=O) groups excluding carboxylic acids is 1. The van der Waals surface area contributed by atoms with Crippen molar-refractivity contribution in [2.45, 2.75) is 26.1 Å². The Hall–Kier alpha value is -3.36. The molecule has 7 nitrogen and oxygen atoms in total. The lowest BCUT2D eigenvalue weighted by atomic mass is 9.94. The van der Waals surface area contributed by atoms with E-state index in [-0.39, 0.29) is 52.9 Å². The third-order valence-corrected chi connectivity index (χ3v) is 5.66. The van der Waals surface area contributed by atoms with Gasteiger partial charge in [-0.3, -0.25) is 10.2 Å². The highest BCUT2D eigenvalue weighted by atomic mass is 19.1. The zero-order chi connectivity index (χ0) is 24.7. The summed E-state index contributed by atoms with van der Waals surface area (Å²) in [7, 11) is 7.73. The Morgan fingerprint density at radius 3 is 2.27 bits per heavy atom. The number of hydrogen-bond donors (Lipinski definition) is 1. The van der Waals surface area contributed by atoms with Gasteiger partial charge in [-0.1, -0.05) is 0 Å². The highest BCUT2D eigenvalue weighted by molar-refractivity contribution is 6.06. The van der Waals surface area contributed by atoms with Crippen LogP contribution in [0.15, 0.2) is 18.2 Å². The Kier molecular flexibility index (Phi) is 6.53. The first kappa shape index (κ1) is 24.3. The normalized spacial score (nSPS) is 13.1. The standard InChI is InChI=1S/C24H29F2N3O4/c1-24(2,26)15-8-13(9-16(28(3)4)21(15)32-6)17(30)12-29-11-14-10-18(31-5)22(33-7)20(25)19(14)23(29)27/h8-10,27H,11-12H2,1-7H3. The van der Waals surface area contributed by atoms with Crippen LogP contribution in [0.3, 0.4) is 0 Å². The molecule has 3 rings (SSSR count). The second kappa shape index (κ2) is 8.88. The van der Waals surface area contributed by atoms with Crippen molar-refractivity contribution in [2.24, 2.45) is 0 Å². The van der Waals surface area contributed by atoms with E-state index in [1.807, 2.05) is 0 Å². The summed E-state index contributed by atoms with van der Waals surface area (Å²) in [4.78, 5) is 16.4. The molecule has 2 aromatic rings. The van der Waals surface area contributed by atoms with Gasteiger partial charge in [0.05, 0.1) is 39.1 Å². The maximum absolute atomic E-state index is 15.0. The third-order valence-electron chi connectivity index (χ3n) is 5.66. The molecule has 0 bridgehead atoms. The maximum Gasteiger partial charge on any atom is 0.197 e. The van der Waals surface area contributed by atoms with Crippen molar-refractivity contribution < 1.29 is 27.8 Å². The summed E-state index contributed by atoms with van der Waals surface area (Å²) in [5, 5.41) is 8.45. The van der Waals surface area contributed by atoms with Crippen LogP contribution in [0.5, 0.6) is 17.2 Å². The van der Waals surface area contributed by atoms with Gasteiger partial charge >= 0.3 is 0 Å². The van der Waals surface area contributed by atoms with E-state index >= 15 is 0 Å². The van der Waals surface area contributed by atoms with Crippen LogP contribution >= 0.6 is 0 Å². The van der Waals surface area contributed by atoms with Gasteiger partial charge in [0.2, 0.25) is 0 Å². The van der Waals surface area contributed by atoms with Crippen molar-refractivity contribution in [3.8, 4) is 17.2 Å². The number of nitrogens with zero attached hydrogens (tertiary/aromatic N) is 2. The molecule has 1 aliphatic heterocycles. The summed E-state index contributed by atoms with van der Waals surface area (Å²) >= 11 is 0. The van der Waals surface area contributed by atoms with Gasteiger partial charge in [0.1, 0.15) is 17.3 Å². The smallest absolute Gasteiger partial charge is 0.197 e. The van der Waals surface area contributed by atoms with Gasteiger partial charge in [0.15, 0.2) is 23.1 Å². The van der Waals surface area contributed by atoms with Gasteiger partial charge in [0, 0.05) is 31.8 Å². The summed E-state index contributed by atoms with van der Waals surface area (Å²) in [6.45, 7) is 2.78. The Bertz CT molecular complexity index is 1110. The highest BCUT2D eigenvalue weighted by Gasteiger charge is 2.34. The molecule has 0 fully saturated rings. The number of rotatable bonds is 8. The molecular formula is C24H29F2N3O4. The van der Waals surface area contributed by atoms with Gasteiger partial charge in [-0.2, -0.15) is 0 Å². The maximum atomic E-state index is 15.0. The number of ether oxygens (including phenoxy) is 3. The molecule has 1 heterocycles. The van der Waals surface area contributed by atoms with Crippen LogP contribution < -0.4 is 19.1 Å². The number of fused-ring (bicyclic) bond motifs is 1. The lowest BCUT2D eigenvalue weighted by Crippen LogP contribution is -2.31. The van der Waals surface area contributed by atoms with E-state index in [0.29, 0.717) is 17.0 Å². The molecule has 0 aromatic heterocycles. The first-order chi connectivity index (χ1) is 15.4. The SMILES string of the molecule is COc1cc2c(c(F)c1OC)C(=N)N(CC(=O)c1cc(N(C)C)c(OC)c(C(C)(C)F)c1)C2. The van der Waals surface area contributed by atoms with Crippen LogP contribution in [0.4, 0.5) is 14.5 Å². The summed E-state index contributed by atoms with van der Waals surface area (Å²) in [5.41, 5.74) is -0.0602. The fourth-order valence-electron chi connectivity index (χ4n) is 3.99. The largest absolute Gasteiger partial charge is 0.494 e. The third kappa shape index (κ3) is 4.31. The Balaban J connectivity index is 1.97. The number of alkyl halides is 1. The molecule has 0 spiro atoms. The monoisotopic (exact) mass is 461 g/mol. The van der Waals surface area contributed by atoms with Crippen molar-refractivity contribution >= 4 is 17.3 Å². The van der Waals surface area contributed by atoms with E-state index in [1.54, 1.807) is 31.1 Å². The van der Waals surface area contributed by atoms with Crippen LogP contribution in [0.25, 0.3) is 0 Å². The first-order valence-corrected chi connectivity index (χ1v) is 10.3. The molecule has 0 aliphatic carbocycles. The van der Waals surface area contributed by atoms with Gasteiger partial charge in [-0.15, -0.1) is 0 Å². The van der Waals surface area contributed by atoms with Crippen molar-refractivity contribution in [3.63, 3.8) is 0 Å². The molecule has 1 aliphatic rings. The van der Waals surface area contributed by atoms with E-state index in [9.17, 15) is 13.6 Å². The molecule has 0 saturated heterocycles. The van der Waals surface area contributed by atoms with E-state index in [0.717, 1.165) is 0 Å². The van der Waals surface area contributed by atoms with Gasteiger partial charge < -0.3 is 24.0 Å². The van der Waals surface area contributed by atoms with Gasteiger partial charge in [-0.05, 0) is 37.6 Å². The topological polar surface area (TPSA) is 75.1 Å². The minimum absolute atomic E-state index is 0.0785. The summed E-state index contributed by atoms with van der Waals surface area (Å²) in [5.74, 6) is -0.670. The number of Topliss-reactive ketones (excluding diaryl/α,β-unsaturated/α-hetero) is 1. The van der Waals surface area contributed by atoms with Gasteiger partial charge in [0.25, 0.3) is 0 Å². The molecule has 0 unspecified atom stereocenters. The predicted octanol–water partition coefficient (Wildman–Crippen LogP) is 4.15. The Morgan fingerprint density at radius 2 is 1.76 bits per heavy atom. The number of ketones is 1. The van der Waals surface area contributed by atoms with Crippen LogP contribution in [0, 0.1) is 11.2 Å². The molecule has 178 valence electrons. The molecule has 0 radical (unpaired) electrons. The number of nitrogens with one attached hydrogen (secondary N) is 1. The fourth-order valence-corrected chi connectivity index (χ4v) is 3.99. The molecule has 2 aromatic carbocycles. The fraction of sp³-hybridized carbons (Fsp3) is 0.417. The Labute approximate surface area is 192 Å². The summed E-state index contributed by atoms with van der Waals surface area (Å²) in [6.07, 6.45) is 0.